The number of halogens is 8. The van der Waals surface area contributed by atoms with Gasteiger partial charge in [0.1, 0.15) is 34.3 Å². The Bertz CT molecular complexity index is 5760. The fourth-order valence-electron chi connectivity index (χ4n) is 14.2. The minimum atomic E-state index is -0.788. The number of rotatable bonds is 18. The highest BCUT2D eigenvalue weighted by Gasteiger charge is 2.37. The number of carbonyl (C=O) groups is 4. The van der Waals surface area contributed by atoms with Gasteiger partial charge in [-0.15, -0.1) is 0 Å². The van der Waals surface area contributed by atoms with Gasteiger partial charge in [0.25, 0.3) is 23.3 Å². The van der Waals surface area contributed by atoms with Crippen LogP contribution in [-0.2, 0) is 24.4 Å². The summed E-state index contributed by atoms with van der Waals surface area (Å²) in [5.41, 5.74) is 1.98. The molecule has 8 aromatic carbocycles. The number of likely N-dealkylation sites (N-methyl/N-ethyl adjacent to an activating group) is 1. The number of aromatic nitrogens is 3. The molecule has 25 nitrogen and oxygen atoms in total. The summed E-state index contributed by atoms with van der Waals surface area (Å²) >= 11 is 37.0. The Morgan fingerprint density at radius 2 is 0.809 bits per heavy atom. The van der Waals surface area contributed by atoms with Gasteiger partial charge in [0, 0.05) is 145 Å². The molecule has 3 aliphatic rings. The van der Waals surface area contributed by atoms with Crippen molar-refractivity contribution in [2.24, 2.45) is 0 Å². The van der Waals surface area contributed by atoms with Crippen LogP contribution in [0.15, 0.2) is 184 Å². The van der Waals surface area contributed by atoms with Gasteiger partial charge in [-0.1, -0.05) is 93.9 Å². The zero-order valence-electron chi connectivity index (χ0n) is 62.4. The fraction of sp³-hybridized carbons (Fsp3) is 0.256. The van der Waals surface area contributed by atoms with Crippen LogP contribution < -0.4 is 36.1 Å². The van der Waals surface area contributed by atoms with E-state index in [0.717, 1.165) is 0 Å². The number of hydrogen-bond acceptors (Lipinski definition) is 17. The predicted molar refractivity (Wildman–Crippen MR) is 444 cm³/mol. The molecule has 596 valence electrons. The first-order chi connectivity index (χ1) is 55.1. The monoisotopic (exact) mass is 1680 g/mol. The molecule has 11 aromatic rings. The van der Waals surface area contributed by atoms with Crippen molar-refractivity contribution in [2.75, 3.05) is 128 Å². The summed E-state index contributed by atoms with van der Waals surface area (Å²) in [6.45, 7) is 6.82. The summed E-state index contributed by atoms with van der Waals surface area (Å²) in [5.74, 6) is -1.37. The molecule has 0 saturated carbocycles. The number of ether oxygens (including phenoxy) is 2. The van der Waals surface area contributed by atoms with Gasteiger partial charge in [-0.3, -0.25) is 58.1 Å². The van der Waals surface area contributed by atoms with Gasteiger partial charge in [0.05, 0.1) is 68.9 Å². The van der Waals surface area contributed by atoms with Crippen LogP contribution in [0.2, 0.25) is 30.1 Å². The molecule has 3 fully saturated rings. The second kappa shape index (κ2) is 36.5. The molecule has 115 heavy (non-hydrogen) atoms. The number of amides is 3. The van der Waals surface area contributed by atoms with Crippen LogP contribution >= 0.6 is 69.6 Å². The van der Waals surface area contributed by atoms with Crippen molar-refractivity contribution in [3.63, 3.8) is 0 Å². The van der Waals surface area contributed by atoms with Crippen LogP contribution in [0.3, 0.4) is 0 Å². The molecule has 3 amide bonds. The molecule has 33 heteroatoms. The largest absolute Gasteiger partial charge is 0.497 e. The number of carbonyl (C=O) groups excluding carboxylic acids is 4. The van der Waals surface area contributed by atoms with Crippen molar-refractivity contribution in [2.45, 2.75) is 26.6 Å². The van der Waals surface area contributed by atoms with Gasteiger partial charge in [0.2, 0.25) is 0 Å². The number of methoxy groups -OCH3 is 1. The van der Waals surface area contributed by atoms with E-state index in [4.69, 9.17) is 79.1 Å². The zero-order chi connectivity index (χ0) is 82.2. The van der Waals surface area contributed by atoms with Crippen LogP contribution in [0.4, 0.5) is 37.2 Å². The summed E-state index contributed by atoms with van der Waals surface area (Å²) in [6, 6.07) is 44.5. The molecule has 14 rings (SSSR count). The Morgan fingerprint density at radius 1 is 0.443 bits per heavy atom. The lowest BCUT2D eigenvalue weighted by molar-refractivity contribution is -0.385. The number of anilines is 3. The van der Waals surface area contributed by atoms with Crippen molar-refractivity contribution in [1.82, 2.24) is 33.3 Å². The number of nitrogens with zero attached hydrogens (tertiary/aromatic N) is 12. The topological polar surface area (TPSA) is 262 Å². The number of benzene rings is 8. The van der Waals surface area contributed by atoms with Gasteiger partial charge < -0.3 is 48.3 Å². The van der Waals surface area contributed by atoms with Crippen molar-refractivity contribution < 1.29 is 47.3 Å². The van der Waals surface area contributed by atoms with Gasteiger partial charge in [-0.2, -0.15) is 0 Å². The lowest BCUT2D eigenvalue weighted by atomic mass is 10.1. The standard InChI is InChI=1S/C28H24ClFN4O5.C27H20Cl3FN4O4.C27H30Cl2N4O4/c1-39-22-9-4-19(5-10-22)27(35)32-14-12-31(13-15-32)25-23-16-20(29)6-11-24(23)33(28(36)26(25)34(37)38)17-18-2-7-21(30)8-3-18;28-18-4-8-23-20(14-18)24(25(35(38)39)27(37)34(23)15-16-1-5-19(31)6-2-16)32-9-11-33(12-10-32)26(36)17-3-7-21(29)22(30)13-17;1-4-37-27(36)23-24(21-17-20(29)9-10-22(21)33(26(23)35)16-11-30(2)3)31-12-14-32(15-13-31)25(34)18-5-7-19(28)8-6-18/h2-11,16H,12-15,17H2,1H3;1-8,13-14H,9-12,15H2;5-10,17H,4,11-16H2,1-3H3. The molecular weight excluding hydrogens is 1610 g/mol. The van der Waals surface area contributed by atoms with E-state index in [1.807, 2.05) is 30.0 Å². The van der Waals surface area contributed by atoms with Crippen LogP contribution in [0, 0.1) is 31.9 Å². The molecule has 6 heterocycles. The van der Waals surface area contributed by atoms with Gasteiger partial charge in [-0.05, 0) is 178 Å². The number of nitro groups is 2. The van der Waals surface area contributed by atoms with Crippen molar-refractivity contribution in [1.29, 1.82) is 0 Å². The normalized spacial score (nSPS) is 13.7. The van der Waals surface area contributed by atoms with E-state index in [9.17, 15) is 62.6 Å². The van der Waals surface area contributed by atoms with E-state index in [1.54, 1.807) is 152 Å². The van der Waals surface area contributed by atoms with E-state index in [0.29, 0.717) is 149 Å². The van der Waals surface area contributed by atoms with E-state index in [-0.39, 0.29) is 98.6 Å². The SMILES string of the molecule is CCOC(=O)c1c(N2CCN(C(=O)c3ccc(Cl)cc3)CC2)c2cc(Cl)ccc2n(CCN(C)C)c1=O.COc1ccc(C(=O)N2CCN(c3c([N+](=O)[O-])c(=O)n(Cc4ccc(F)cc4)c4ccc(Cl)cc34)CC2)cc1.O=C(c1ccc(Cl)c(Cl)c1)N1CCN(c2c([N+](=O)[O-])c(=O)n(Cc3ccc(F)cc3)c3ccc(Cl)cc23)CC1. The number of piperazine rings is 3. The summed E-state index contributed by atoms with van der Waals surface area (Å²) in [6.07, 6.45) is 0. The molecule has 0 unspecified atom stereocenters. The first-order valence-corrected chi connectivity index (χ1v) is 38.5. The Hall–Kier alpha value is -11.2. The summed E-state index contributed by atoms with van der Waals surface area (Å²) in [7, 11) is 5.40. The fourth-order valence-corrected chi connectivity index (χ4v) is 15.1. The molecule has 3 aliphatic heterocycles. The van der Waals surface area contributed by atoms with E-state index in [1.165, 1.54) is 63.7 Å². The Labute approximate surface area is 686 Å². The van der Waals surface area contributed by atoms with E-state index >= 15 is 0 Å². The number of esters is 1. The molecular formula is C82H74Cl6F2N12O13. The van der Waals surface area contributed by atoms with Gasteiger partial charge >= 0.3 is 28.5 Å². The Balaban J connectivity index is 0.000000159. The molecule has 3 aromatic heterocycles. The van der Waals surface area contributed by atoms with Crippen LogP contribution in [0.1, 0.15) is 59.5 Å². The predicted octanol–water partition coefficient (Wildman–Crippen LogP) is 14.8. The van der Waals surface area contributed by atoms with E-state index < -0.39 is 55.5 Å². The highest BCUT2D eigenvalue weighted by Crippen LogP contribution is 2.40. The van der Waals surface area contributed by atoms with Gasteiger partial charge in [0.15, 0.2) is 0 Å². The highest BCUT2D eigenvalue weighted by atomic mass is 35.5. The van der Waals surface area contributed by atoms with Gasteiger partial charge in [-0.25, -0.2) is 13.6 Å². The molecule has 0 aliphatic carbocycles. The maximum Gasteiger partial charge on any atom is 0.357 e. The van der Waals surface area contributed by atoms with Crippen LogP contribution in [0.5, 0.6) is 5.75 Å². The molecule has 0 atom stereocenters. The maximum absolute atomic E-state index is 13.8. The van der Waals surface area contributed by atoms with E-state index in [2.05, 4.69) is 0 Å². The summed E-state index contributed by atoms with van der Waals surface area (Å²) in [4.78, 5) is 129. The third-order valence-corrected chi connectivity index (χ3v) is 21.6. The first kappa shape index (κ1) is 83.3. The zero-order valence-corrected chi connectivity index (χ0v) is 66.9. The molecule has 3 saturated heterocycles. The first-order valence-electron chi connectivity index (χ1n) is 36.3. The third kappa shape index (κ3) is 18.6. The molecule has 0 bridgehead atoms. The smallest absolute Gasteiger partial charge is 0.357 e. The minimum absolute atomic E-state index is 0.00426. The maximum atomic E-state index is 13.8. The average molecular weight is 1690 g/mol. The average Bonchev–Trinajstić information content (AvgIpc) is 0.753. The van der Waals surface area contributed by atoms with Crippen LogP contribution in [-0.4, -0.2) is 180 Å². The van der Waals surface area contributed by atoms with Crippen molar-refractivity contribution in [3.8, 4) is 5.75 Å². The van der Waals surface area contributed by atoms with Crippen LogP contribution in [0.25, 0.3) is 32.7 Å². The molecule has 0 radical (unpaired) electrons. The minimum Gasteiger partial charge on any atom is -0.497 e. The Morgan fingerprint density at radius 3 is 1.19 bits per heavy atom. The molecule has 0 spiro atoms. The second-order valence-corrected chi connectivity index (χ2v) is 29.9. The summed E-state index contributed by atoms with van der Waals surface area (Å²) in [5, 5.41) is 28.5. The highest BCUT2D eigenvalue weighted by molar-refractivity contribution is 6.42. The number of fused-ring (bicyclic) bond motifs is 3. The third-order valence-electron chi connectivity index (χ3n) is 19.9. The number of pyridine rings is 3. The van der Waals surface area contributed by atoms with Crippen molar-refractivity contribution in [3.05, 3.63) is 296 Å². The van der Waals surface area contributed by atoms with Crippen molar-refractivity contribution >= 4 is 154 Å². The lowest BCUT2D eigenvalue weighted by Crippen LogP contribution is -2.49. The Kier molecular flexibility index (Phi) is 26.5. The summed E-state index contributed by atoms with van der Waals surface area (Å²) < 4.78 is 41.5. The quantitative estimate of drug-likeness (QED) is 0.0439. The second-order valence-electron chi connectivity index (χ2n) is 27.3. The number of hydrogen-bond donors (Lipinski definition) is 0. The lowest BCUT2D eigenvalue weighted by Gasteiger charge is -2.37. The molecule has 0 N–H and O–H groups in total.